The van der Waals surface area contributed by atoms with Crippen molar-refractivity contribution < 1.29 is 18.7 Å². The molecule has 2 aromatic rings. The molecule has 134 valence electrons. The summed E-state index contributed by atoms with van der Waals surface area (Å²) in [4.78, 5) is 24.5. The number of amides is 3. The van der Waals surface area contributed by atoms with Crippen LogP contribution in [0.25, 0.3) is 6.08 Å². The van der Waals surface area contributed by atoms with Crippen LogP contribution in [0.3, 0.4) is 0 Å². The number of ether oxygens (including phenoxy) is 1. The topological polar surface area (TPSA) is 58.6 Å². The highest BCUT2D eigenvalue weighted by atomic mass is 127. The summed E-state index contributed by atoms with van der Waals surface area (Å²) in [7, 11) is 1.43. The molecule has 0 saturated carbocycles. The zero-order chi connectivity index (χ0) is 18.8. The van der Waals surface area contributed by atoms with Gasteiger partial charge in [-0.05, 0) is 86.7 Å². The van der Waals surface area contributed by atoms with Gasteiger partial charge in [-0.3, -0.25) is 9.69 Å². The first-order valence-electron chi connectivity index (χ1n) is 7.52. The Balaban J connectivity index is 1.80. The predicted molar refractivity (Wildman–Crippen MR) is 112 cm³/mol. The standard InChI is InChI=1S/C18H13FI2N2O3/c1-23-17(24)15(22-18(23)25)8-11-6-13(20)16(14(21)7-11)26-9-10-3-2-4-12(19)5-10/h2-8H,9H2,1H3,(H,22,25)/b15-8+. The number of halogens is 3. The van der Waals surface area contributed by atoms with Crippen LogP contribution in [0.2, 0.25) is 0 Å². The molecule has 0 radical (unpaired) electrons. The average molecular weight is 578 g/mol. The molecule has 3 amide bonds. The zero-order valence-corrected chi connectivity index (χ0v) is 17.9. The minimum Gasteiger partial charge on any atom is -0.487 e. The number of carbonyl (C=O) groups is 2. The second-order valence-corrected chi connectivity index (χ2v) is 7.91. The maximum Gasteiger partial charge on any atom is 0.328 e. The van der Waals surface area contributed by atoms with Crippen molar-refractivity contribution in [3.8, 4) is 5.75 Å². The minimum atomic E-state index is -0.444. The van der Waals surface area contributed by atoms with Crippen molar-refractivity contribution in [2.45, 2.75) is 6.61 Å². The van der Waals surface area contributed by atoms with Crippen molar-refractivity contribution in [1.82, 2.24) is 10.2 Å². The Morgan fingerprint density at radius 2 is 1.88 bits per heavy atom. The van der Waals surface area contributed by atoms with Crippen molar-refractivity contribution in [3.63, 3.8) is 0 Å². The highest BCUT2D eigenvalue weighted by Gasteiger charge is 2.30. The third kappa shape index (κ3) is 4.17. The number of rotatable bonds is 4. The molecule has 26 heavy (non-hydrogen) atoms. The van der Waals surface area contributed by atoms with E-state index in [2.05, 4.69) is 50.5 Å². The molecule has 0 aliphatic carbocycles. The summed E-state index contributed by atoms with van der Waals surface area (Å²) in [5.41, 5.74) is 1.75. The monoisotopic (exact) mass is 578 g/mol. The van der Waals surface area contributed by atoms with Crippen LogP contribution < -0.4 is 10.1 Å². The fourth-order valence-electron chi connectivity index (χ4n) is 2.37. The lowest BCUT2D eigenvalue weighted by Crippen LogP contribution is -2.25. The Labute approximate surface area is 176 Å². The van der Waals surface area contributed by atoms with Gasteiger partial charge in [0.2, 0.25) is 0 Å². The van der Waals surface area contributed by atoms with Crippen LogP contribution in [0.4, 0.5) is 9.18 Å². The molecule has 1 fully saturated rings. The molecule has 0 unspecified atom stereocenters. The van der Waals surface area contributed by atoms with E-state index in [-0.39, 0.29) is 24.0 Å². The Morgan fingerprint density at radius 1 is 1.19 bits per heavy atom. The molecule has 1 N–H and O–H groups in total. The number of nitrogens with zero attached hydrogens (tertiary/aromatic N) is 1. The fraction of sp³-hybridized carbons (Fsp3) is 0.111. The number of hydrogen-bond acceptors (Lipinski definition) is 3. The van der Waals surface area contributed by atoms with Crippen molar-refractivity contribution >= 4 is 63.2 Å². The first kappa shape index (κ1) is 19.1. The molecule has 8 heteroatoms. The molecule has 1 aliphatic rings. The molecule has 5 nitrogen and oxygen atoms in total. The van der Waals surface area contributed by atoms with Gasteiger partial charge in [0.1, 0.15) is 23.9 Å². The van der Waals surface area contributed by atoms with E-state index < -0.39 is 6.03 Å². The van der Waals surface area contributed by atoms with E-state index in [1.54, 1.807) is 18.2 Å². The first-order chi connectivity index (χ1) is 12.3. The molecule has 0 atom stereocenters. The van der Waals surface area contributed by atoms with Gasteiger partial charge in [-0.1, -0.05) is 12.1 Å². The molecule has 1 aliphatic heterocycles. The normalized spacial score (nSPS) is 15.5. The summed E-state index contributed by atoms with van der Waals surface area (Å²) < 4.78 is 20.8. The Hall–Kier alpha value is -1.69. The lowest BCUT2D eigenvalue weighted by Gasteiger charge is -2.12. The lowest BCUT2D eigenvalue weighted by atomic mass is 10.2. The van der Waals surface area contributed by atoms with Crippen molar-refractivity contribution in [1.29, 1.82) is 0 Å². The first-order valence-corrected chi connectivity index (χ1v) is 9.68. The van der Waals surface area contributed by atoms with Crippen LogP contribution in [-0.4, -0.2) is 23.9 Å². The van der Waals surface area contributed by atoms with Gasteiger partial charge in [-0.2, -0.15) is 0 Å². The summed E-state index contributed by atoms with van der Waals surface area (Å²) in [5.74, 6) is 0.0219. The van der Waals surface area contributed by atoms with E-state index >= 15 is 0 Å². The van der Waals surface area contributed by atoms with Gasteiger partial charge in [-0.25, -0.2) is 9.18 Å². The maximum atomic E-state index is 13.3. The summed E-state index contributed by atoms with van der Waals surface area (Å²) in [5, 5.41) is 2.53. The molecule has 1 saturated heterocycles. The molecule has 0 bridgehead atoms. The Morgan fingerprint density at radius 3 is 2.46 bits per heavy atom. The van der Waals surface area contributed by atoms with E-state index in [4.69, 9.17) is 4.74 Å². The van der Waals surface area contributed by atoms with Gasteiger partial charge in [0.25, 0.3) is 5.91 Å². The van der Waals surface area contributed by atoms with Crippen LogP contribution in [0, 0.1) is 13.0 Å². The van der Waals surface area contributed by atoms with Crippen molar-refractivity contribution in [2.75, 3.05) is 7.05 Å². The van der Waals surface area contributed by atoms with E-state index in [0.717, 1.165) is 23.2 Å². The summed E-state index contributed by atoms with van der Waals surface area (Å²) in [6.07, 6.45) is 1.63. The minimum absolute atomic E-state index is 0.234. The molecule has 2 aromatic carbocycles. The second kappa shape index (κ2) is 7.91. The van der Waals surface area contributed by atoms with E-state index in [0.29, 0.717) is 5.75 Å². The average Bonchev–Trinajstić information content (AvgIpc) is 2.81. The third-order valence-corrected chi connectivity index (χ3v) is 5.29. The van der Waals surface area contributed by atoms with Crippen LogP contribution >= 0.6 is 45.2 Å². The smallest absolute Gasteiger partial charge is 0.328 e. The number of urea groups is 1. The van der Waals surface area contributed by atoms with E-state index in [1.165, 1.54) is 19.2 Å². The predicted octanol–water partition coefficient (Wildman–Crippen LogP) is 4.14. The number of benzene rings is 2. The second-order valence-electron chi connectivity index (χ2n) is 5.58. The zero-order valence-electron chi connectivity index (χ0n) is 13.6. The summed E-state index contributed by atoms with van der Waals surface area (Å²) >= 11 is 4.29. The molecule has 0 aromatic heterocycles. The van der Waals surface area contributed by atoms with Gasteiger partial charge in [0, 0.05) is 7.05 Å². The SMILES string of the molecule is CN1C(=O)N/C(=C/c2cc(I)c(OCc3cccc(F)c3)c(I)c2)C1=O. The third-order valence-electron chi connectivity index (χ3n) is 3.69. The number of imide groups is 1. The maximum absolute atomic E-state index is 13.3. The van der Waals surface area contributed by atoms with Crippen LogP contribution in [0.5, 0.6) is 5.75 Å². The van der Waals surface area contributed by atoms with Gasteiger partial charge in [-0.15, -0.1) is 0 Å². The summed E-state index contributed by atoms with van der Waals surface area (Å²) in [6.45, 7) is 0.254. The number of hydrogen-bond donors (Lipinski definition) is 1. The van der Waals surface area contributed by atoms with Gasteiger partial charge in [0.15, 0.2) is 0 Å². The molecular formula is C18H13FI2N2O3. The highest BCUT2D eigenvalue weighted by Crippen LogP contribution is 2.30. The fourth-order valence-corrected chi connectivity index (χ4v) is 4.50. The molecule has 0 spiro atoms. The van der Waals surface area contributed by atoms with E-state index in [1.807, 2.05) is 12.1 Å². The van der Waals surface area contributed by atoms with Crippen molar-refractivity contribution in [3.05, 3.63) is 66.2 Å². The van der Waals surface area contributed by atoms with Crippen LogP contribution in [0.1, 0.15) is 11.1 Å². The largest absolute Gasteiger partial charge is 0.487 e. The van der Waals surface area contributed by atoms with Gasteiger partial charge in [0.05, 0.1) is 7.14 Å². The molecule has 3 rings (SSSR count). The van der Waals surface area contributed by atoms with Gasteiger partial charge >= 0.3 is 6.03 Å². The summed E-state index contributed by atoms with van der Waals surface area (Å²) in [6, 6.07) is 9.53. The van der Waals surface area contributed by atoms with Crippen molar-refractivity contribution in [2.24, 2.45) is 0 Å². The quantitative estimate of drug-likeness (QED) is 0.338. The Kier molecular flexibility index (Phi) is 5.80. The van der Waals surface area contributed by atoms with E-state index in [9.17, 15) is 14.0 Å². The highest BCUT2D eigenvalue weighted by molar-refractivity contribution is 14.1. The number of nitrogens with one attached hydrogen (secondary N) is 1. The number of likely N-dealkylation sites (N-methyl/N-ethyl adjacent to an activating group) is 1. The van der Waals surface area contributed by atoms with Crippen LogP contribution in [0.15, 0.2) is 42.1 Å². The van der Waals surface area contributed by atoms with Crippen LogP contribution in [-0.2, 0) is 11.4 Å². The van der Waals surface area contributed by atoms with Gasteiger partial charge < -0.3 is 10.1 Å². The molecule has 1 heterocycles. The number of carbonyl (C=O) groups excluding carboxylic acids is 2. The lowest BCUT2D eigenvalue weighted by molar-refractivity contribution is -0.121. The Bertz CT molecular complexity index is 907. The molecular weight excluding hydrogens is 565 g/mol.